The molecule has 9 heteroatoms. The van der Waals surface area contributed by atoms with E-state index < -0.39 is 22.1 Å². The number of fused-ring (bicyclic) bond motifs is 1. The highest BCUT2D eigenvalue weighted by molar-refractivity contribution is 7.91. The zero-order valence-electron chi connectivity index (χ0n) is 13.8. The van der Waals surface area contributed by atoms with Crippen LogP contribution >= 0.6 is 23.2 Å². The number of ether oxygens (including phenoxy) is 3. The molecule has 6 nitrogen and oxygen atoms in total. The summed E-state index contributed by atoms with van der Waals surface area (Å²) in [6.45, 7) is 3.44. The van der Waals surface area contributed by atoms with Gasteiger partial charge in [0.05, 0.1) is 16.4 Å². The number of aryl methyl sites for hydroxylation is 1. The van der Waals surface area contributed by atoms with E-state index in [1.165, 1.54) is 30.3 Å². The molecule has 138 valence electrons. The monoisotopic (exact) mass is 416 g/mol. The first-order chi connectivity index (χ1) is 12.2. The molecule has 0 aliphatic carbocycles. The quantitative estimate of drug-likeness (QED) is 0.705. The van der Waals surface area contributed by atoms with Crippen molar-refractivity contribution in [2.75, 3.05) is 6.61 Å². The van der Waals surface area contributed by atoms with E-state index in [-0.39, 0.29) is 37.9 Å². The molecule has 0 radical (unpaired) electrons. The van der Waals surface area contributed by atoms with E-state index in [4.69, 9.17) is 37.4 Å². The summed E-state index contributed by atoms with van der Waals surface area (Å²) in [6.07, 6.45) is -1.26. The Balaban J connectivity index is 2.01. The van der Waals surface area contributed by atoms with Crippen molar-refractivity contribution in [3.05, 3.63) is 45.9 Å². The van der Waals surface area contributed by atoms with Crippen LogP contribution in [0.25, 0.3) is 0 Å². The Morgan fingerprint density at radius 2 is 1.65 bits per heavy atom. The van der Waals surface area contributed by atoms with E-state index in [9.17, 15) is 13.2 Å². The molecule has 0 fully saturated rings. The van der Waals surface area contributed by atoms with Crippen LogP contribution in [-0.4, -0.2) is 27.3 Å². The van der Waals surface area contributed by atoms with E-state index >= 15 is 0 Å². The fraction of sp³-hybridized carbons (Fsp3) is 0.235. The fourth-order valence-corrected chi connectivity index (χ4v) is 4.71. The zero-order valence-corrected chi connectivity index (χ0v) is 16.1. The molecule has 0 amide bonds. The molecule has 1 aliphatic heterocycles. The van der Waals surface area contributed by atoms with Crippen LogP contribution in [0, 0.1) is 6.92 Å². The van der Waals surface area contributed by atoms with Gasteiger partial charge in [-0.3, -0.25) is 0 Å². The number of carbonyl (C=O) groups is 1. The van der Waals surface area contributed by atoms with E-state index in [0.717, 1.165) is 0 Å². The Bertz CT molecular complexity index is 967. The molecule has 1 aliphatic rings. The Morgan fingerprint density at radius 1 is 1.08 bits per heavy atom. The third kappa shape index (κ3) is 3.47. The first kappa shape index (κ1) is 18.8. The minimum absolute atomic E-state index is 0.00249. The minimum Gasteiger partial charge on any atom is -0.460 e. The molecule has 0 aromatic heterocycles. The smallest absolute Gasteiger partial charge is 0.389 e. The van der Waals surface area contributed by atoms with Gasteiger partial charge in [0, 0.05) is 16.1 Å². The lowest BCUT2D eigenvalue weighted by Crippen LogP contribution is -2.30. The average Bonchev–Trinajstić information content (AvgIpc) is 2.96. The lowest BCUT2D eigenvalue weighted by Gasteiger charge is -2.10. The van der Waals surface area contributed by atoms with Crippen molar-refractivity contribution in [2.45, 2.75) is 29.9 Å². The summed E-state index contributed by atoms with van der Waals surface area (Å²) in [5, 5.41) is 0.411. The van der Waals surface area contributed by atoms with Gasteiger partial charge < -0.3 is 14.2 Å². The summed E-state index contributed by atoms with van der Waals surface area (Å²) < 4.78 is 41.5. The molecule has 1 heterocycles. The van der Waals surface area contributed by atoms with Crippen molar-refractivity contribution < 1.29 is 27.4 Å². The maximum absolute atomic E-state index is 13.0. The second-order valence-electron chi connectivity index (χ2n) is 5.49. The number of rotatable bonds is 4. The molecule has 0 bridgehead atoms. The molecule has 2 aromatic rings. The molecular weight excluding hydrogens is 403 g/mol. The number of halogens is 2. The molecule has 1 atom stereocenters. The highest BCUT2D eigenvalue weighted by Gasteiger charge is 2.34. The lowest BCUT2D eigenvalue weighted by molar-refractivity contribution is -0.161. The van der Waals surface area contributed by atoms with Gasteiger partial charge in [-0.2, -0.15) is 0 Å². The number of hydrogen-bond acceptors (Lipinski definition) is 6. The fourth-order valence-electron chi connectivity index (χ4n) is 2.49. The first-order valence-electron chi connectivity index (χ1n) is 7.58. The lowest BCUT2D eigenvalue weighted by atomic mass is 10.2. The molecule has 0 N–H and O–H groups in total. The Hall–Kier alpha value is -1.96. The van der Waals surface area contributed by atoms with Crippen LogP contribution in [0.3, 0.4) is 0 Å². The zero-order chi connectivity index (χ0) is 19.1. The summed E-state index contributed by atoms with van der Waals surface area (Å²) in [5.41, 5.74) is 0.424. The maximum Gasteiger partial charge on any atom is 0.389 e. The van der Waals surface area contributed by atoms with Crippen LogP contribution in [0.4, 0.5) is 0 Å². The normalized spacial score (nSPS) is 15.8. The summed E-state index contributed by atoms with van der Waals surface area (Å²) in [4.78, 5) is 11.7. The summed E-state index contributed by atoms with van der Waals surface area (Å²) >= 11 is 11.8. The number of benzene rings is 2. The van der Waals surface area contributed by atoms with Crippen LogP contribution in [0.15, 0.2) is 40.1 Å². The van der Waals surface area contributed by atoms with Crippen LogP contribution in [0.2, 0.25) is 10.0 Å². The standard InChI is InChI=1S/C17H14Cl2O6S/c1-3-23-16(20)17-24-13-4-9(2)15(8-14(13)25-17)26(21,22)12-6-10(18)5-11(19)7-12/h4-8,17H,3H2,1-2H3. The van der Waals surface area contributed by atoms with Crippen molar-refractivity contribution in [1.82, 2.24) is 0 Å². The predicted molar refractivity (Wildman–Crippen MR) is 94.8 cm³/mol. The molecule has 0 saturated carbocycles. The van der Waals surface area contributed by atoms with Gasteiger partial charge in [-0.05, 0) is 43.7 Å². The minimum atomic E-state index is -3.90. The van der Waals surface area contributed by atoms with E-state index in [1.54, 1.807) is 13.8 Å². The van der Waals surface area contributed by atoms with E-state index in [1.807, 2.05) is 0 Å². The summed E-state index contributed by atoms with van der Waals surface area (Å²) in [6, 6.07) is 6.88. The van der Waals surface area contributed by atoms with Crippen LogP contribution in [0.5, 0.6) is 11.5 Å². The van der Waals surface area contributed by atoms with Gasteiger partial charge in [0.2, 0.25) is 9.84 Å². The number of hydrogen-bond donors (Lipinski definition) is 0. The van der Waals surface area contributed by atoms with Crippen LogP contribution in [0.1, 0.15) is 12.5 Å². The van der Waals surface area contributed by atoms with Crippen molar-refractivity contribution in [3.8, 4) is 11.5 Å². The molecule has 0 saturated heterocycles. The topological polar surface area (TPSA) is 78.9 Å². The highest BCUT2D eigenvalue weighted by Crippen LogP contribution is 2.40. The number of sulfone groups is 1. The molecule has 26 heavy (non-hydrogen) atoms. The number of carbonyl (C=O) groups excluding carboxylic acids is 1. The van der Waals surface area contributed by atoms with Gasteiger partial charge in [-0.1, -0.05) is 23.2 Å². The molecule has 2 aromatic carbocycles. The Morgan fingerprint density at radius 3 is 2.23 bits per heavy atom. The summed E-state index contributed by atoms with van der Waals surface area (Å²) in [7, 11) is -3.90. The van der Waals surface area contributed by atoms with Gasteiger partial charge in [0.25, 0.3) is 0 Å². The van der Waals surface area contributed by atoms with Gasteiger partial charge >= 0.3 is 12.3 Å². The predicted octanol–water partition coefficient (Wildman–Crippen LogP) is 3.80. The number of esters is 1. The van der Waals surface area contributed by atoms with Gasteiger partial charge in [-0.25, -0.2) is 13.2 Å². The molecule has 3 rings (SSSR count). The second kappa shape index (κ2) is 6.98. The largest absolute Gasteiger partial charge is 0.460 e. The SMILES string of the molecule is CCOC(=O)C1Oc2cc(C)c(S(=O)(=O)c3cc(Cl)cc(Cl)c3)cc2O1. The highest BCUT2D eigenvalue weighted by atomic mass is 35.5. The van der Waals surface area contributed by atoms with Crippen molar-refractivity contribution in [3.63, 3.8) is 0 Å². The Kier molecular flexibility index (Phi) is 5.05. The van der Waals surface area contributed by atoms with Crippen LogP contribution in [-0.2, 0) is 19.4 Å². The van der Waals surface area contributed by atoms with Crippen molar-refractivity contribution in [1.29, 1.82) is 0 Å². The maximum atomic E-state index is 13.0. The first-order valence-corrected chi connectivity index (χ1v) is 9.82. The summed E-state index contributed by atoms with van der Waals surface area (Å²) in [5.74, 6) is -0.281. The third-order valence-electron chi connectivity index (χ3n) is 3.62. The van der Waals surface area contributed by atoms with E-state index in [0.29, 0.717) is 5.56 Å². The third-order valence-corrected chi connectivity index (χ3v) is 5.94. The van der Waals surface area contributed by atoms with Crippen molar-refractivity contribution in [2.24, 2.45) is 0 Å². The van der Waals surface area contributed by atoms with E-state index in [2.05, 4.69) is 0 Å². The van der Waals surface area contributed by atoms with Gasteiger partial charge in [0.15, 0.2) is 11.5 Å². The average molecular weight is 417 g/mol. The molecular formula is C17H14Cl2O6S. The van der Waals surface area contributed by atoms with Gasteiger partial charge in [-0.15, -0.1) is 0 Å². The van der Waals surface area contributed by atoms with Gasteiger partial charge in [0.1, 0.15) is 0 Å². The van der Waals surface area contributed by atoms with Crippen LogP contribution < -0.4 is 9.47 Å². The molecule has 0 spiro atoms. The Labute approximate surface area is 160 Å². The van der Waals surface area contributed by atoms with Crippen molar-refractivity contribution >= 4 is 39.0 Å². The molecule has 1 unspecified atom stereocenters. The second-order valence-corrected chi connectivity index (χ2v) is 8.28.